The molecule has 1 N–H and O–H groups in total. The van der Waals surface area contributed by atoms with Gasteiger partial charge in [0, 0.05) is 11.6 Å². The molecule has 0 unspecified atom stereocenters. The van der Waals surface area contributed by atoms with Crippen LogP contribution in [0.1, 0.15) is 26.5 Å². The molecule has 3 aromatic rings. The van der Waals surface area contributed by atoms with Crippen molar-refractivity contribution in [1.29, 1.82) is 0 Å². The van der Waals surface area contributed by atoms with Gasteiger partial charge in [-0.05, 0) is 18.2 Å². The van der Waals surface area contributed by atoms with Gasteiger partial charge in [-0.15, -0.1) is 0 Å². The Kier molecular flexibility index (Phi) is 4.15. The Labute approximate surface area is 149 Å². The monoisotopic (exact) mass is 349 g/mol. The van der Waals surface area contributed by atoms with Crippen LogP contribution in [0, 0.1) is 0 Å². The van der Waals surface area contributed by atoms with Crippen molar-refractivity contribution in [1.82, 2.24) is 0 Å². The number of fused-ring (bicyclic) bond motifs is 1. The lowest BCUT2D eigenvalue weighted by molar-refractivity contribution is 0.0996. The highest BCUT2D eigenvalue weighted by Gasteiger charge is 2.22. The summed E-state index contributed by atoms with van der Waals surface area (Å²) < 4.78 is 16.3. The number of hydrogen-bond donors (Lipinski definition) is 1. The average Bonchev–Trinajstić information content (AvgIpc) is 3.22. The third-order valence-electron chi connectivity index (χ3n) is 3.96. The van der Waals surface area contributed by atoms with Crippen LogP contribution in [0.2, 0.25) is 0 Å². The van der Waals surface area contributed by atoms with E-state index >= 15 is 0 Å². The van der Waals surface area contributed by atoms with Crippen molar-refractivity contribution in [2.24, 2.45) is 0 Å². The lowest BCUT2D eigenvalue weighted by Gasteiger charge is -2.21. The maximum absolute atomic E-state index is 12.9. The highest BCUT2D eigenvalue weighted by Crippen LogP contribution is 2.36. The number of carbonyl (C=O) groups excluding carboxylic acids is 2. The molecule has 6 heteroatoms. The molecule has 1 aliphatic heterocycles. The van der Waals surface area contributed by atoms with E-state index in [0.29, 0.717) is 41.5 Å². The van der Waals surface area contributed by atoms with Gasteiger partial charge in [-0.2, -0.15) is 0 Å². The summed E-state index contributed by atoms with van der Waals surface area (Å²) in [4.78, 5) is 25.3. The maximum Gasteiger partial charge on any atom is 0.291 e. The zero-order valence-corrected chi connectivity index (χ0v) is 13.7. The van der Waals surface area contributed by atoms with Gasteiger partial charge in [0.15, 0.2) is 23.0 Å². The van der Waals surface area contributed by atoms with Gasteiger partial charge in [0.1, 0.15) is 13.2 Å². The molecular formula is C20H15NO5. The molecule has 1 amide bonds. The maximum atomic E-state index is 12.9. The van der Waals surface area contributed by atoms with Crippen molar-refractivity contribution >= 4 is 17.4 Å². The highest BCUT2D eigenvalue weighted by atomic mass is 16.6. The molecule has 1 aromatic heterocycles. The van der Waals surface area contributed by atoms with Crippen LogP contribution in [0.15, 0.2) is 65.3 Å². The molecule has 0 atom stereocenters. The lowest BCUT2D eigenvalue weighted by Crippen LogP contribution is -2.19. The summed E-state index contributed by atoms with van der Waals surface area (Å²) in [7, 11) is 0. The standard InChI is InChI=1S/C20H15NO5/c22-19(13-5-2-1-3-6-13)14-11-17-18(26-10-9-25-17)12-15(14)21-20(23)16-7-4-8-24-16/h1-8,11-12H,9-10H2,(H,21,23). The van der Waals surface area contributed by atoms with Gasteiger partial charge >= 0.3 is 0 Å². The quantitative estimate of drug-likeness (QED) is 0.729. The first-order valence-corrected chi connectivity index (χ1v) is 8.10. The normalized spacial score (nSPS) is 12.5. The van der Waals surface area contributed by atoms with Crippen molar-refractivity contribution in [3.05, 3.63) is 77.7 Å². The van der Waals surface area contributed by atoms with Crippen molar-refractivity contribution in [3.8, 4) is 11.5 Å². The molecule has 0 fully saturated rings. The molecule has 130 valence electrons. The van der Waals surface area contributed by atoms with Gasteiger partial charge in [-0.1, -0.05) is 30.3 Å². The fourth-order valence-corrected chi connectivity index (χ4v) is 2.72. The molecule has 0 aliphatic carbocycles. The van der Waals surface area contributed by atoms with Crippen LogP contribution in [0.5, 0.6) is 11.5 Å². The number of rotatable bonds is 4. The molecule has 0 bridgehead atoms. The van der Waals surface area contributed by atoms with E-state index in [9.17, 15) is 9.59 Å². The fraction of sp³-hybridized carbons (Fsp3) is 0.100. The molecule has 6 nitrogen and oxygen atoms in total. The predicted octanol–water partition coefficient (Wildman–Crippen LogP) is 3.53. The topological polar surface area (TPSA) is 77.8 Å². The van der Waals surface area contributed by atoms with Crippen molar-refractivity contribution in [2.45, 2.75) is 0 Å². The number of anilines is 1. The summed E-state index contributed by atoms with van der Waals surface area (Å²) in [6.07, 6.45) is 1.41. The number of benzene rings is 2. The first-order chi connectivity index (χ1) is 12.7. The van der Waals surface area contributed by atoms with E-state index in [1.54, 1.807) is 48.5 Å². The van der Waals surface area contributed by atoms with E-state index in [1.165, 1.54) is 6.26 Å². The molecule has 0 saturated carbocycles. The van der Waals surface area contributed by atoms with Gasteiger partial charge in [0.05, 0.1) is 17.5 Å². The Balaban J connectivity index is 1.75. The number of amides is 1. The van der Waals surface area contributed by atoms with Crippen molar-refractivity contribution < 1.29 is 23.5 Å². The summed E-state index contributed by atoms with van der Waals surface area (Å²) in [5.41, 5.74) is 1.17. The molecule has 0 saturated heterocycles. The number of hydrogen-bond acceptors (Lipinski definition) is 5. The summed E-state index contributed by atoms with van der Waals surface area (Å²) >= 11 is 0. The van der Waals surface area contributed by atoms with Crippen LogP contribution < -0.4 is 14.8 Å². The number of ketones is 1. The van der Waals surface area contributed by atoms with E-state index in [0.717, 1.165) is 0 Å². The summed E-state index contributed by atoms with van der Waals surface area (Å²) in [5, 5.41) is 2.72. The van der Waals surface area contributed by atoms with Gasteiger partial charge < -0.3 is 19.2 Å². The minimum absolute atomic E-state index is 0.151. The number of carbonyl (C=O) groups is 2. The molecule has 2 heterocycles. The van der Waals surface area contributed by atoms with Gasteiger partial charge in [-0.3, -0.25) is 9.59 Å². The zero-order chi connectivity index (χ0) is 17.9. The molecule has 1 aliphatic rings. The van der Waals surface area contributed by atoms with E-state index in [2.05, 4.69) is 5.32 Å². The summed E-state index contributed by atoms with van der Waals surface area (Å²) in [5.74, 6) is 0.436. The second-order valence-corrected chi connectivity index (χ2v) is 5.67. The van der Waals surface area contributed by atoms with Crippen LogP contribution in [0.4, 0.5) is 5.69 Å². The molecule has 26 heavy (non-hydrogen) atoms. The zero-order valence-electron chi connectivity index (χ0n) is 13.7. The molecule has 4 rings (SSSR count). The number of furan rings is 1. The predicted molar refractivity (Wildman–Crippen MR) is 94.0 cm³/mol. The Morgan fingerprint density at radius 3 is 2.31 bits per heavy atom. The SMILES string of the molecule is O=C(Nc1cc2c(cc1C(=O)c1ccccc1)OCCO2)c1ccco1. The lowest BCUT2D eigenvalue weighted by atomic mass is 10.0. The molecule has 0 radical (unpaired) electrons. The average molecular weight is 349 g/mol. The summed E-state index contributed by atoms with van der Waals surface area (Å²) in [6.45, 7) is 0.814. The second kappa shape index (κ2) is 6.76. The number of ether oxygens (including phenoxy) is 2. The third kappa shape index (κ3) is 3.04. The van der Waals surface area contributed by atoms with E-state index in [1.807, 2.05) is 6.07 Å². The molecular weight excluding hydrogens is 334 g/mol. The van der Waals surface area contributed by atoms with Gasteiger partial charge in [-0.25, -0.2) is 0 Å². The first kappa shape index (κ1) is 16.0. The molecule has 2 aromatic carbocycles. The minimum Gasteiger partial charge on any atom is -0.486 e. The van der Waals surface area contributed by atoms with Crippen molar-refractivity contribution in [3.63, 3.8) is 0 Å². The smallest absolute Gasteiger partial charge is 0.291 e. The van der Waals surface area contributed by atoms with Gasteiger partial charge in [0.2, 0.25) is 0 Å². The van der Waals surface area contributed by atoms with Crippen LogP contribution in [0.25, 0.3) is 0 Å². The number of nitrogens with one attached hydrogen (secondary N) is 1. The summed E-state index contributed by atoms with van der Waals surface area (Å²) in [6, 6.07) is 15.2. The van der Waals surface area contributed by atoms with E-state index in [-0.39, 0.29) is 11.5 Å². The molecule has 0 spiro atoms. The second-order valence-electron chi connectivity index (χ2n) is 5.67. The van der Waals surface area contributed by atoms with Crippen LogP contribution in [-0.2, 0) is 0 Å². The third-order valence-corrected chi connectivity index (χ3v) is 3.96. The van der Waals surface area contributed by atoms with Gasteiger partial charge in [0.25, 0.3) is 5.91 Å². The van der Waals surface area contributed by atoms with Crippen molar-refractivity contribution in [2.75, 3.05) is 18.5 Å². The Morgan fingerprint density at radius 1 is 0.885 bits per heavy atom. The first-order valence-electron chi connectivity index (χ1n) is 8.10. The highest BCUT2D eigenvalue weighted by molar-refractivity contribution is 6.15. The van der Waals surface area contributed by atoms with E-state index in [4.69, 9.17) is 13.9 Å². The Morgan fingerprint density at radius 2 is 1.62 bits per heavy atom. The Hall–Kier alpha value is -3.54. The van der Waals surface area contributed by atoms with Crippen LogP contribution in [-0.4, -0.2) is 24.9 Å². The Bertz CT molecular complexity index is 948. The van der Waals surface area contributed by atoms with Crippen LogP contribution >= 0.6 is 0 Å². The van der Waals surface area contributed by atoms with Crippen LogP contribution in [0.3, 0.4) is 0 Å². The largest absolute Gasteiger partial charge is 0.486 e. The van der Waals surface area contributed by atoms with E-state index < -0.39 is 5.91 Å². The minimum atomic E-state index is -0.450. The fourth-order valence-electron chi connectivity index (χ4n) is 2.72.